The first-order chi connectivity index (χ1) is 18.9. The summed E-state index contributed by atoms with van der Waals surface area (Å²) in [5.74, 6) is 0.108. The van der Waals surface area contributed by atoms with Crippen molar-refractivity contribution < 1.29 is 23.9 Å². The average molecular weight is 559 g/mol. The summed E-state index contributed by atoms with van der Waals surface area (Å²) in [5.41, 5.74) is 2.22. The van der Waals surface area contributed by atoms with Crippen molar-refractivity contribution in [2.45, 2.75) is 6.61 Å². The lowest BCUT2D eigenvalue weighted by Gasteiger charge is -2.13. The molecule has 0 atom stereocenters. The van der Waals surface area contributed by atoms with E-state index in [1.54, 1.807) is 18.2 Å². The third-order valence-corrected chi connectivity index (χ3v) is 7.21. The lowest BCUT2D eigenvalue weighted by atomic mass is 10.1. The molecule has 0 aliphatic carbocycles. The largest absolute Gasteiger partial charge is 0.495 e. The molecule has 3 amide bonds. The highest BCUT2D eigenvalue weighted by molar-refractivity contribution is 8.18. The number of halogens is 1. The molecular formula is C30H23ClN2O5S. The Hall–Kier alpha value is -4.27. The first-order valence-corrected chi connectivity index (χ1v) is 13.2. The minimum absolute atomic E-state index is 0.241. The Morgan fingerprint density at radius 1 is 0.974 bits per heavy atom. The summed E-state index contributed by atoms with van der Waals surface area (Å²) in [6.07, 6.45) is 1.62. The average Bonchev–Trinajstić information content (AvgIpc) is 3.19. The molecule has 0 unspecified atom stereocenters. The van der Waals surface area contributed by atoms with Gasteiger partial charge in [-0.1, -0.05) is 60.1 Å². The predicted molar refractivity (Wildman–Crippen MR) is 154 cm³/mol. The van der Waals surface area contributed by atoms with E-state index < -0.39 is 23.6 Å². The zero-order valence-electron chi connectivity index (χ0n) is 20.8. The zero-order chi connectivity index (χ0) is 27.4. The van der Waals surface area contributed by atoms with Crippen molar-refractivity contribution in [3.8, 4) is 11.5 Å². The SMILES string of the molecule is COc1ccc(NC(=O)CN2C(=O)S/C(=C\c3ccc(OCc4ccc5ccccc5c4)cc3)C2=O)cc1Cl. The molecule has 0 spiro atoms. The fourth-order valence-electron chi connectivity index (χ4n) is 4.03. The van der Waals surface area contributed by atoms with Crippen LogP contribution in [-0.2, 0) is 16.2 Å². The van der Waals surface area contributed by atoms with Gasteiger partial charge in [0.1, 0.15) is 24.7 Å². The first-order valence-electron chi connectivity index (χ1n) is 12.0. The molecule has 0 radical (unpaired) electrons. The van der Waals surface area contributed by atoms with Crippen molar-refractivity contribution in [3.63, 3.8) is 0 Å². The van der Waals surface area contributed by atoms with Crippen LogP contribution in [0.3, 0.4) is 0 Å². The molecule has 7 nitrogen and oxygen atoms in total. The van der Waals surface area contributed by atoms with Crippen molar-refractivity contribution in [1.29, 1.82) is 0 Å². The summed E-state index contributed by atoms with van der Waals surface area (Å²) in [6.45, 7) is 0.0150. The second-order valence-corrected chi connectivity index (χ2v) is 10.1. The maximum absolute atomic E-state index is 12.8. The van der Waals surface area contributed by atoms with E-state index in [4.69, 9.17) is 21.1 Å². The van der Waals surface area contributed by atoms with E-state index in [1.165, 1.54) is 18.6 Å². The summed E-state index contributed by atoms with van der Waals surface area (Å²) in [5, 5.41) is 4.79. The summed E-state index contributed by atoms with van der Waals surface area (Å²) >= 11 is 6.88. The van der Waals surface area contributed by atoms with Crippen LogP contribution in [-0.4, -0.2) is 35.6 Å². The molecule has 1 heterocycles. The fourth-order valence-corrected chi connectivity index (χ4v) is 5.13. The molecule has 4 aromatic rings. The Morgan fingerprint density at radius 2 is 1.74 bits per heavy atom. The molecule has 0 bridgehead atoms. The van der Waals surface area contributed by atoms with Gasteiger partial charge in [-0.3, -0.25) is 19.3 Å². The number of amides is 3. The lowest BCUT2D eigenvalue weighted by Crippen LogP contribution is -2.36. The number of nitrogens with zero attached hydrogens (tertiary/aromatic N) is 1. The molecule has 5 rings (SSSR count). The van der Waals surface area contributed by atoms with E-state index in [0.717, 1.165) is 33.2 Å². The van der Waals surface area contributed by atoms with Crippen LogP contribution in [0.25, 0.3) is 16.8 Å². The van der Waals surface area contributed by atoms with Gasteiger partial charge in [-0.25, -0.2) is 0 Å². The van der Waals surface area contributed by atoms with Gasteiger partial charge in [-0.2, -0.15) is 0 Å². The van der Waals surface area contributed by atoms with Crippen molar-refractivity contribution >= 4 is 63.0 Å². The molecule has 1 fully saturated rings. The number of imide groups is 1. The Labute approximate surface area is 234 Å². The molecule has 196 valence electrons. The van der Waals surface area contributed by atoms with Crippen LogP contribution in [0.2, 0.25) is 5.02 Å². The van der Waals surface area contributed by atoms with Crippen LogP contribution < -0.4 is 14.8 Å². The Kier molecular flexibility index (Phi) is 7.86. The summed E-state index contributed by atoms with van der Waals surface area (Å²) < 4.78 is 11.0. The van der Waals surface area contributed by atoms with Gasteiger partial charge in [0.2, 0.25) is 5.91 Å². The Balaban J connectivity index is 1.18. The molecular weight excluding hydrogens is 536 g/mol. The molecule has 39 heavy (non-hydrogen) atoms. The highest BCUT2D eigenvalue weighted by Crippen LogP contribution is 2.33. The number of fused-ring (bicyclic) bond motifs is 1. The van der Waals surface area contributed by atoms with Gasteiger partial charge in [-0.15, -0.1) is 0 Å². The van der Waals surface area contributed by atoms with E-state index >= 15 is 0 Å². The van der Waals surface area contributed by atoms with Gasteiger partial charge in [0.15, 0.2) is 0 Å². The number of hydrogen-bond acceptors (Lipinski definition) is 6. The number of carbonyl (C=O) groups excluding carboxylic acids is 3. The third kappa shape index (κ3) is 6.25. The first kappa shape index (κ1) is 26.3. The Bertz CT molecular complexity index is 1600. The molecule has 1 saturated heterocycles. The van der Waals surface area contributed by atoms with Crippen LogP contribution in [0.4, 0.5) is 10.5 Å². The van der Waals surface area contributed by atoms with Crippen molar-refractivity contribution in [2.75, 3.05) is 19.0 Å². The van der Waals surface area contributed by atoms with E-state index in [1.807, 2.05) is 42.5 Å². The van der Waals surface area contributed by atoms with Gasteiger partial charge < -0.3 is 14.8 Å². The third-order valence-electron chi connectivity index (χ3n) is 6.01. The van der Waals surface area contributed by atoms with E-state index in [-0.39, 0.29) is 4.91 Å². The van der Waals surface area contributed by atoms with Crippen LogP contribution in [0.1, 0.15) is 11.1 Å². The van der Waals surface area contributed by atoms with Crippen molar-refractivity contribution in [3.05, 3.63) is 106 Å². The number of carbonyl (C=O) groups is 3. The van der Waals surface area contributed by atoms with E-state index in [0.29, 0.717) is 28.8 Å². The van der Waals surface area contributed by atoms with Crippen LogP contribution in [0.5, 0.6) is 11.5 Å². The molecule has 4 aromatic carbocycles. The molecule has 1 aliphatic heterocycles. The summed E-state index contributed by atoms with van der Waals surface area (Å²) in [4.78, 5) is 38.9. The highest BCUT2D eigenvalue weighted by atomic mass is 35.5. The minimum atomic E-state index is -0.524. The number of hydrogen-bond donors (Lipinski definition) is 1. The van der Waals surface area contributed by atoms with Crippen molar-refractivity contribution in [2.24, 2.45) is 0 Å². The smallest absolute Gasteiger partial charge is 0.294 e. The molecule has 9 heteroatoms. The molecule has 1 N–H and O–H groups in total. The van der Waals surface area contributed by atoms with Gasteiger partial charge in [-0.05, 0) is 76.1 Å². The number of rotatable bonds is 8. The fraction of sp³-hybridized carbons (Fsp3) is 0.100. The van der Waals surface area contributed by atoms with Gasteiger partial charge in [0, 0.05) is 5.69 Å². The second-order valence-electron chi connectivity index (χ2n) is 8.70. The summed E-state index contributed by atoms with van der Waals surface area (Å²) in [7, 11) is 1.49. The maximum Gasteiger partial charge on any atom is 0.294 e. The lowest BCUT2D eigenvalue weighted by molar-refractivity contribution is -0.127. The number of ether oxygens (including phenoxy) is 2. The summed E-state index contributed by atoms with van der Waals surface area (Å²) in [6, 6.07) is 26.4. The number of thioether (sulfide) groups is 1. The van der Waals surface area contributed by atoms with Gasteiger partial charge in [0.25, 0.3) is 11.1 Å². The standard InChI is InChI=1S/C30H23ClN2O5S/c1-37-26-13-10-23(16-25(26)31)32-28(34)17-33-29(35)27(39-30(33)36)15-19-7-11-24(12-8-19)38-18-20-6-9-21-4-2-3-5-22(21)14-20/h2-16H,17-18H2,1H3,(H,32,34)/b27-15-. The second kappa shape index (κ2) is 11.6. The number of nitrogens with one attached hydrogen (secondary N) is 1. The predicted octanol–water partition coefficient (Wildman–Crippen LogP) is 6.76. The number of benzene rings is 4. The Morgan fingerprint density at radius 3 is 2.49 bits per heavy atom. The maximum atomic E-state index is 12.8. The van der Waals surface area contributed by atoms with E-state index in [2.05, 4.69) is 29.6 Å². The van der Waals surface area contributed by atoms with Crippen LogP contribution >= 0.6 is 23.4 Å². The van der Waals surface area contributed by atoms with E-state index in [9.17, 15) is 14.4 Å². The zero-order valence-corrected chi connectivity index (χ0v) is 22.4. The quantitative estimate of drug-likeness (QED) is 0.241. The molecule has 0 saturated carbocycles. The normalized spacial score (nSPS) is 14.2. The highest BCUT2D eigenvalue weighted by Gasteiger charge is 2.36. The van der Waals surface area contributed by atoms with Crippen LogP contribution in [0.15, 0.2) is 89.8 Å². The van der Waals surface area contributed by atoms with Gasteiger partial charge in [0.05, 0.1) is 17.0 Å². The van der Waals surface area contributed by atoms with Crippen LogP contribution in [0, 0.1) is 0 Å². The topological polar surface area (TPSA) is 84.9 Å². The number of anilines is 1. The molecule has 1 aliphatic rings. The van der Waals surface area contributed by atoms with Crippen molar-refractivity contribution in [1.82, 2.24) is 4.90 Å². The minimum Gasteiger partial charge on any atom is -0.495 e. The monoisotopic (exact) mass is 558 g/mol. The molecule has 0 aromatic heterocycles. The van der Waals surface area contributed by atoms with Gasteiger partial charge >= 0.3 is 0 Å². The number of methoxy groups -OCH3 is 1.